The molecule has 0 saturated heterocycles. The van der Waals surface area contributed by atoms with Crippen LogP contribution >= 0.6 is 0 Å². The summed E-state index contributed by atoms with van der Waals surface area (Å²) >= 11 is 0. The first-order valence-corrected chi connectivity index (χ1v) is 6.52. The lowest BCUT2D eigenvalue weighted by Crippen LogP contribution is -2.08. The molecule has 6 nitrogen and oxygen atoms in total. The Morgan fingerprint density at radius 3 is 2.76 bits per heavy atom. The van der Waals surface area contributed by atoms with E-state index in [4.69, 9.17) is 5.26 Å². The van der Waals surface area contributed by atoms with Crippen LogP contribution in [0.2, 0.25) is 0 Å². The Hall–Kier alpha value is -2.20. The highest BCUT2D eigenvalue weighted by molar-refractivity contribution is 7.90. The van der Waals surface area contributed by atoms with Gasteiger partial charge in [0.25, 0.3) is 0 Å². The van der Waals surface area contributed by atoms with Crippen molar-refractivity contribution in [3.63, 3.8) is 0 Å². The molecule has 17 heavy (non-hydrogen) atoms. The Bertz CT molecular complexity index is 697. The smallest absolute Gasteiger partial charge is 0.218 e. The summed E-state index contributed by atoms with van der Waals surface area (Å²) in [5.74, 6) is 0.276. The van der Waals surface area contributed by atoms with Crippen molar-refractivity contribution in [2.45, 2.75) is 4.90 Å². The van der Waals surface area contributed by atoms with Crippen molar-refractivity contribution >= 4 is 9.84 Å². The Balaban J connectivity index is 2.74. The molecule has 0 spiro atoms. The van der Waals surface area contributed by atoms with Gasteiger partial charge >= 0.3 is 0 Å². The molecule has 0 aromatic carbocycles. The SMILES string of the molecule is CS(=O)(=O)c1cccnc1-n1ccnc1C#N. The molecule has 0 unspecified atom stereocenters. The lowest BCUT2D eigenvalue weighted by molar-refractivity contribution is 0.600. The average Bonchev–Trinajstić information content (AvgIpc) is 2.75. The molecule has 2 aromatic heterocycles. The molecule has 0 radical (unpaired) electrons. The number of hydrogen-bond acceptors (Lipinski definition) is 5. The summed E-state index contributed by atoms with van der Waals surface area (Å²) in [6.07, 6.45) is 5.47. The summed E-state index contributed by atoms with van der Waals surface area (Å²) in [5.41, 5.74) is 0. The number of aromatic nitrogens is 3. The van der Waals surface area contributed by atoms with Gasteiger partial charge in [-0.25, -0.2) is 18.4 Å². The van der Waals surface area contributed by atoms with Gasteiger partial charge < -0.3 is 0 Å². The summed E-state index contributed by atoms with van der Waals surface area (Å²) < 4.78 is 24.5. The van der Waals surface area contributed by atoms with E-state index >= 15 is 0 Å². The van der Waals surface area contributed by atoms with Crippen molar-refractivity contribution in [1.29, 1.82) is 5.26 Å². The molecular formula is C10H8N4O2S. The molecule has 2 rings (SSSR count). The molecule has 0 aliphatic rings. The van der Waals surface area contributed by atoms with Gasteiger partial charge in [0.2, 0.25) is 5.82 Å². The van der Waals surface area contributed by atoms with E-state index in [2.05, 4.69) is 9.97 Å². The molecule has 7 heteroatoms. The molecule has 0 amide bonds. The maximum Gasteiger partial charge on any atom is 0.218 e. The molecule has 0 bridgehead atoms. The maximum atomic E-state index is 11.6. The Morgan fingerprint density at radius 1 is 1.35 bits per heavy atom. The van der Waals surface area contributed by atoms with Crippen molar-refractivity contribution < 1.29 is 8.42 Å². The zero-order chi connectivity index (χ0) is 12.5. The molecule has 2 heterocycles. The Kier molecular flexibility index (Phi) is 2.65. The summed E-state index contributed by atoms with van der Waals surface area (Å²) in [7, 11) is -3.41. The molecule has 86 valence electrons. The molecule has 0 aliphatic heterocycles. The molecule has 0 aliphatic carbocycles. The molecule has 2 aromatic rings. The first kappa shape index (κ1) is 11.3. The van der Waals surface area contributed by atoms with Crippen LogP contribution in [0.4, 0.5) is 0 Å². The first-order chi connectivity index (χ1) is 8.04. The minimum atomic E-state index is -3.41. The van der Waals surface area contributed by atoms with Crippen LogP contribution in [0.3, 0.4) is 0 Å². The van der Waals surface area contributed by atoms with Crippen molar-refractivity contribution in [3.05, 3.63) is 36.5 Å². The highest BCUT2D eigenvalue weighted by atomic mass is 32.2. The molecular weight excluding hydrogens is 240 g/mol. The van der Waals surface area contributed by atoms with Crippen LogP contribution < -0.4 is 0 Å². The van der Waals surface area contributed by atoms with Crippen LogP contribution in [0.15, 0.2) is 35.6 Å². The van der Waals surface area contributed by atoms with Gasteiger partial charge in [0.15, 0.2) is 15.7 Å². The van der Waals surface area contributed by atoms with Crippen LogP contribution in [-0.2, 0) is 9.84 Å². The fraction of sp³-hybridized carbons (Fsp3) is 0.100. The summed E-state index contributed by atoms with van der Waals surface area (Å²) in [6, 6.07) is 4.84. The van der Waals surface area contributed by atoms with E-state index in [0.717, 1.165) is 6.26 Å². The fourth-order valence-corrected chi connectivity index (χ4v) is 2.22. The minimum Gasteiger partial charge on any atom is -0.274 e. The maximum absolute atomic E-state index is 11.6. The van der Waals surface area contributed by atoms with Crippen LogP contribution in [0.25, 0.3) is 5.82 Å². The second-order valence-corrected chi connectivity index (χ2v) is 5.31. The van der Waals surface area contributed by atoms with Gasteiger partial charge in [-0.05, 0) is 12.1 Å². The van der Waals surface area contributed by atoms with Crippen LogP contribution in [-0.4, -0.2) is 29.2 Å². The predicted molar refractivity (Wildman–Crippen MR) is 59.2 cm³/mol. The lowest BCUT2D eigenvalue weighted by atomic mass is 10.4. The number of nitriles is 1. The third-order valence-electron chi connectivity index (χ3n) is 2.12. The van der Waals surface area contributed by atoms with Crippen molar-refractivity contribution in [2.24, 2.45) is 0 Å². The van der Waals surface area contributed by atoms with Gasteiger partial charge in [-0.1, -0.05) is 0 Å². The zero-order valence-corrected chi connectivity index (χ0v) is 9.72. The highest BCUT2D eigenvalue weighted by Crippen LogP contribution is 2.18. The van der Waals surface area contributed by atoms with Gasteiger partial charge in [-0.3, -0.25) is 4.57 Å². The molecule has 0 atom stereocenters. The molecule has 0 saturated carbocycles. The van der Waals surface area contributed by atoms with E-state index in [1.54, 1.807) is 0 Å². The van der Waals surface area contributed by atoms with Crippen LogP contribution in [0, 0.1) is 11.3 Å². The average molecular weight is 248 g/mol. The standard InChI is InChI=1S/C10H8N4O2S/c1-17(15,16)8-3-2-4-13-10(8)14-6-5-12-9(14)7-11/h2-6H,1H3. The number of hydrogen-bond donors (Lipinski definition) is 0. The lowest BCUT2D eigenvalue weighted by Gasteiger charge is -2.07. The van der Waals surface area contributed by atoms with E-state index in [-0.39, 0.29) is 16.5 Å². The largest absolute Gasteiger partial charge is 0.274 e. The summed E-state index contributed by atoms with van der Waals surface area (Å²) in [6.45, 7) is 0. The van der Waals surface area contributed by atoms with Crippen LogP contribution in [0.1, 0.15) is 5.82 Å². The second-order valence-electron chi connectivity index (χ2n) is 3.33. The first-order valence-electron chi connectivity index (χ1n) is 4.63. The van der Waals surface area contributed by atoms with Gasteiger partial charge in [-0.2, -0.15) is 5.26 Å². The number of rotatable bonds is 2. The van der Waals surface area contributed by atoms with E-state index in [1.807, 2.05) is 6.07 Å². The fourth-order valence-electron chi connectivity index (χ4n) is 1.41. The normalized spacial score (nSPS) is 11.1. The third-order valence-corrected chi connectivity index (χ3v) is 3.24. The van der Waals surface area contributed by atoms with E-state index < -0.39 is 9.84 Å². The third kappa shape index (κ3) is 2.03. The topological polar surface area (TPSA) is 88.6 Å². The predicted octanol–water partition coefficient (Wildman–Crippen LogP) is 0.542. The highest BCUT2D eigenvalue weighted by Gasteiger charge is 2.17. The van der Waals surface area contributed by atoms with Crippen molar-refractivity contribution in [2.75, 3.05) is 6.26 Å². The Morgan fingerprint density at radius 2 is 2.12 bits per heavy atom. The quantitative estimate of drug-likeness (QED) is 0.774. The number of imidazole rings is 1. The summed E-state index contributed by atoms with van der Waals surface area (Å²) in [4.78, 5) is 7.85. The van der Waals surface area contributed by atoms with Crippen LogP contribution in [0.5, 0.6) is 0 Å². The molecule has 0 fully saturated rings. The molecule has 0 N–H and O–H groups in total. The number of sulfone groups is 1. The Labute approximate surface area is 98.1 Å². The van der Waals surface area contributed by atoms with E-state index in [1.165, 1.54) is 35.3 Å². The monoisotopic (exact) mass is 248 g/mol. The van der Waals surface area contributed by atoms with Gasteiger partial charge in [0.1, 0.15) is 11.0 Å². The van der Waals surface area contributed by atoms with Gasteiger partial charge in [0, 0.05) is 24.8 Å². The zero-order valence-electron chi connectivity index (χ0n) is 8.90. The van der Waals surface area contributed by atoms with E-state index in [0.29, 0.717) is 0 Å². The number of nitrogens with zero attached hydrogens (tertiary/aromatic N) is 4. The van der Waals surface area contributed by atoms with Gasteiger partial charge in [0.05, 0.1) is 0 Å². The second kappa shape index (κ2) is 3.99. The number of pyridine rings is 1. The van der Waals surface area contributed by atoms with Gasteiger partial charge in [-0.15, -0.1) is 0 Å². The minimum absolute atomic E-state index is 0.0644. The van der Waals surface area contributed by atoms with Crippen molar-refractivity contribution in [3.8, 4) is 11.9 Å². The van der Waals surface area contributed by atoms with E-state index in [9.17, 15) is 8.42 Å². The summed E-state index contributed by atoms with van der Waals surface area (Å²) in [5, 5.41) is 8.85. The van der Waals surface area contributed by atoms with Crippen molar-refractivity contribution in [1.82, 2.24) is 14.5 Å².